The van der Waals surface area contributed by atoms with E-state index in [2.05, 4.69) is 5.92 Å². The molecule has 0 radical (unpaired) electrons. The maximum atomic E-state index is 11.0. The van der Waals surface area contributed by atoms with Gasteiger partial charge in [-0.2, -0.15) is 0 Å². The highest BCUT2D eigenvalue weighted by Gasteiger charge is 2.46. The molecule has 1 heterocycles. The van der Waals surface area contributed by atoms with Crippen molar-refractivity contribution in [2.45, 2.75) is 45.5 Å². The van der Waals surface area contributed by atoms with Gasteiger partial charge in [0.05, 0.1) is 0 Å². The van der Waals surface area contributed by atoms with Crippen molar-refractivity contribution >= 4 is 12.3 Å². The Morgan fingerprint density at radius 2 is 2.25 bits per heavy atom. The number of terminal acetylenes is 1. The van der Waals surface area contributed by atoms with E-state index < -0.39 is 23.7 Å². The average Bonchev–Trinajstić information content (AvgIpc) is 2.20. The number of carbonyl (C=O) groups excluding carboxylic acids is 2. The Kier molecular flexibility index (Phi) is 3.71. The van der Waals surface area contributed by atoms with E-state index in [0.717, 1.165) is 0 Å². The summed E-state index contributed by atoms with van der Waals surface area (Å²) in [4.78, 5) is 21.7. The molecule has 0 amide bonds. The monoisotopic (exact) mass is 224 g/mol. The first-order chi connectivity index (χ1) is 7.41. The van der Waals surface area contributed by atoms with Gasteiger partial charge in [0.25, 0.3) is 0 Å². The van der Waals surface area contributed by atoms with Crippen LogP contribution < -0.4 is 0 Å². The Hall–Kier alpha value is -1.34. The van der Waals surface area contributed by atoms with Crippen LogP contribution in [0.15, 0.2) is 0 Å². The van der Waals surface area contributed by atoms with Crippen LogP contribution in [-0.4, -0.2) is 30.6 Å². The molecule has 0 aromatic heterocycles. The Morgan fingerprint density at radius 3 is 2.69 bits per heavy atom. The van der Waals surface area contributed by atoms with Crippen LogP contribution in [0.3, 0.4) is 0 Å². The SMILES string of the molecule is C#C[C@H]1O[C@H](C=O)C[C@@H](OC(C)=O)C1(C)C. The number of carbonyl (C=O) groups is 2. The Labute approximate surface area is 95.3 Å². The molecule has 0 aromatic rings. The van der Waals surface area contributed by atoms with Crippen LogP contribution in [0.2, 0.25) is 0 Å². The van der Waals surface area contributed by atoms with E-state index in [1.807, 2.05) is 13.8 Å². The van der Waals surface area contributed by atoms with Gasteiger partial charge in [-0.15, -0.1) is 6.42 Å². The molecule has 1 saturated heterocycles. The summed E-state index contributed by atoms with van der Waals surface area (Å²) >= 11 is 0. The molecule has 0 N–H and O–H groups in total. The average molecular weight is 224 g/mol. The van der Waals surface area contributed by atoms with Crippen molar-refractivity contribution in [1.29, 1.82) is 0 Å². The molecule has 0 unspecified atom stereocenters. The van der Waals surface area contributed by atoms with Crippen LogP contribution in [0.5, 0.6) is 0 Å². The van der Waals surface area contributed by atoms with E-state index in [4.69, 9.17) is 15.9 Å². The lowest BCUT2D eigenvalue weighted by Gasteiger charge is -2.43. The van der Waals surface area contributed by atoms with Gasteiger partial charge in [0, 0.05) is 18.8 Å². The zero-order chi connectivity index (χ0) is 12.3. The first kappa shape index (κ1) is 12.7. The summed E-state index contributed by atoms with van der Waals surface area (Å²) in [5.41, 5.74) is -0.486. The summed E-state index contributed by atoms with van der Waals surface area (Å²) in [6.45, 7) is 5.07. The Balaban J connectivity index is 2.90. The minimum atomic E-state index is -0.599. The maximum absolute atomic E-state index is 11.0. The highest BCUT2D eigenvalue weighted by Crippen LogP contribution is 2.37. The fourth-order valence-electron chi connectivity index (χ4n) is 1.83. The van der Waals surface area contributed by atoms with Crippen LogP contribution >= 0.6 is 0 Å². The molecule has 1 aliphatic heterocycles. The third-order valence-corrected chi connectivity index (χ3v) is 2.87. The van der Waals surface area contributed by atoms with Crippen molar-refractivity contribution < 1.29 is 19.1 Å². The topological polar surface area (TPSA) is 52.6 Å². The molecule has 0 saturated carbocycles. The van der Waals surface area contributed by atoms with Gasteiger partial charge in [-0.3, -0.25) is 4.79 Å². The molecule has 0 aromatic carbocycles. The number of aldehydes is 1. The second-order valence-electron chi connectivity index (χ2n) is 4.51. The minimum Gasteiger partial charge on any atom is -0.462 e. The predicted octanol–water partition coefficient (Wildman–Crippen LogP) is 0.934. The number of ether oxygens (including phenoxy) is 2. The van der Waals surface area contributed by atoms with Gasteiger partial charge in [-0.25, -0.2) is 0 Å². The molecule has 4 nitrogen and oxygen atoms in total. The van der Waals surface area contributed by atoms with Crippen LogP contribution in [-0.2, 0) is 19.1 Å². The zero-order valence-corrected chi connectivity index (χ0v) is 9.73. The van der Waals surface area contributed by atoms with Gasteiger partial charge in [0.2, 0.25) is 0 Å². The lowest BCUT2D eigenvalue weighted by atomic mass is 9.76. The fourth-order valence-corrected chi connectivity index (χ4v) is 1.83. The Bertz CT molecular complexity index is 326. The van der Waals surface area contributed by atoms with Gasteiger partial charge in [0.1, 0.15) is 24.6 Å². The standard InChI is InChI=1S/C12H16O4/c1-5-10-12(3,4)11(15-8(2)14)6-9(7-13)16-10/h1,7,9-11H,6H2,2-4H3/t9-,10+,11+/m0/s1. The predicted molar refractivity (Wildman–Crippen MR) is 57.5 cm³/mol. The van der Waals surface area contributed by atoms with Crippen molar-refractivity contribution in [1.82, 2.24) is 0 Å². The van der Waals surface area contributed by atoms with E-state index in [0.29, 0.717) is 12.7 Å². The second kappa shape index (κ2) is 4.67. The molecular formula is C12H16O4. The summed E-state index contributed by atoms with van der Waals surface area (Å²) in [5.74, 6) is 2.11. The van der Waals surface area contributed by atoms with Crippen LogP contribution in [0.1, 0.15) is 27.2 Å². The van der Waals surface area contributed by atoms with Crippen molar-refractivity contribution in [2.75, 3.05) is 0 Å². The summed E-state index contributed by atoms with van der Waals surface area (Å²) in [5, 5.41) is 0. The number of hydrogen-bond donors (Lipinski definition) is 0. The summed E-state index contributed by atoms with van der Waals surface area (Å²) < 4.78 is 10.6. The van der Waals surface area contributed by atoms with E-state index in [1.165, 1.54) is 6.92 Å². The lowest BCUT2D eigenvalue weighted by Crippen LogP contribution is -2.51. The maximum Gasteiger partial charge on any atom is 0.302 e. The minimum absolute atomic E-state index is 0.355. The number of esters is 1. The van der Waals surface area contributed by atoms with Gasteiger partial charge in [0.15, 0.2) is 0 Å². The zero-order valence-electron chi connectivity index (χ0n) is 9.73. The number of rotatable bonds is 2. The van der Waals surface area contributed by atoms with E-state index in [-0.39, 0.29) is 5.97 Å². The van der Waals surface area contributed by atoms with Crippen molar-refractivity contribution in [3.05, 3.63) is 0 Å². The summed E-state index contributed by atoms with van der Waals surface area (Å²) in [6, 6.07) is 0. The molecule has 16 heavy (non-hydrogen) atoms. The van der Waals surface area contributed by atoms with E-state index in [1.54, 1.807) is 0 Å². The Morgan fingerprint density at radius 1 is 1.62 bits per heavy atom. The van der Waals surface area contributed by atoms with Gasteiger partial charge < -0.3 is 14.3 Å². The molecular weight excluding hydrogens is 208 g/mol. The van der Waals surface area contributed by atoms with Crippen LogP contribution in [0.4, 0.5) is 0 Å². The van der Waals surface area contributed by atoms with Crippen molar-refractivity contribution in [3.63, 3.8) is 0 Å². The molecule has 4 heteroatoms. The molecule has 0 spiro atoms. The van der Waals surface area contributed by atoms with E-state index in [9.17, 15) is 9.59 Å². The van der Waals surface area contributed by atoms with Gasteiger partial charge >= 0.3 is 5.97 Å². The normalized spacial score (nSPS) is 32.5. The molecule has 0 bridgehead atoms. The fraction of sp³-hybridized carbons (Fsp3) is 0.667. The molecule has 88 valence electrons. The number of hydrogen-bond acceptors (Lipinski definition) is 4. The first-order valence-corrected chi connectivity index (χ1v) is 5.16. The smallest absolute Gasteiger partial charge is 0.302 e. The second-order valence-corrected chi connectivity index (χ2v) is 4.51. The molecule has 1 aliphatic rings. The highest BCUT2D eigenvalue weighted by molar-refractivity contribution is 5.66. The summed E-state index contributed by atoms with van der Waals surface area (Å²) in [6.07, 6.45) is 4.88. The van der Waals surface area contributed by atoms with Crippen molar-refractivity contribution in [3.8, 4) is 12.3 Å². The molecule has 1 fully saturated rings. The van der Waals surface area contributed by atoms with Gasteiger partial charge in [-0.1, -0.05) is 19.8 Å². The van der Waals surface area contributed by atoms with Gasteiger partial charge in [-0.05, 0) is 0 Å². The highest BCUT2D eigenvalue weighted by atomic mass is 16.6. The quantitative estimate of drug-likeness (QED) is 0.398. The first-order valence-electron chi connectivity index (χ1n) is 5.16. The molecule has 3 atom stereocenters. The van der Waals surface area contributed by atoms with Crippen LogP contribution in [0, 0.1) is 17.8 Å². The largest absolute Gasteiger partial charge is 0.462 e. The van der Waals surface area contributed by atoms with Crippen LogP contribution in [0.25, 0.3) is 0 Å². The third kappa shape index (κ3) is 2.42. The molecule has 1 rings (SSSR count). The third-order valence-electron chi connectivity index (χ3n) is 2.87. The van der Waals surface area contributed by atoms with Crippen molar-refractivity contribution in [2.24, 2.45) is 5.41 Å². The summed E-state index contributed by atoms with van der Waals surface area (Å²) in [7, 11) is 0. The lowest BCUT2D eigenvalue weighted by molar-refractivity contribution is -0.183. The molecule has 0 aliphatic carbocycles. The van der Waals surface area contributed by atoms with E-state index >= 15 is 0 Å².